The first-order valence-electron chi connectivity index (χ1n) is 5.24. The Kier molecular flexibility index (Phi) is 2.56. The molecule has 0 bridgehead atoms. The van der Waals surface area contributed by atoms with Crippen LogP contribution in [0.4, 0.5) is 0 Å². The van der Waals surface area contributed by atoms with Gasteiger partial charge < -0.3 is 4.57 Å². The standard InChI is InChI=1S/C11H17ClN2/c1-9(12)11(5-6-11)4-3-10-13-7-8-14(10)2/h7-9H,3-6H2,1-2H3. The number of aromatic nitrogens is 2. The van der Waals surface area contributed by atoms with E-state index in [0.29, 0.717) is 10.8 Å². The van der Waals surface area contributed by atoms with Gasteiger partial charge in [-0.1, -0.05) is 0 Å². The minimum absolute atomic E-state index is 0.308. The lowest BCUT2D eigenvalue weighted by Gasteiger charge is -2.17. The van der Waals surface area contributed by atoms with Gasteiger partial charge in [0.1, 0.15) is 5.82 Å². The maximum atomic E-state index is 6.18. The third-order valence-electron chi connectivity index (χ3n) is 3.50. The van der Waals surface area contributed by atoms with E-state index in [1.165, 1.54) is 25.1 Å². The minimum Gasteiger partial charge on any atom is -0.338 e. The summed E-state index contributed by atoms with van der Waals surface area (Å²) in [4.78, 5) is 4.33. The van der Waals surface area contributed by atoms with Crippen molar-refractivity contribution in [2.24, 2.45) is 12.5 Å². The molecule has 0 amide bonds. The predicted molar refractivity (Wildman–Crippen MR) is 58.5 cm³/mol. The number of hydrogen-bond donors (Lipinski definition) is 0. The molecule has 2 rings (SSSR count). The molecular weight excluding hydrogens is 196 g/mol. The van der Waals surface area contributed by atoms with Crippen LogP contribution >= 0.6 is 11.6 Å². The Bertz CT molecular complexity index is 313. The number of hydrogen-bond acceptors (Lipinski definition) is 1. The summed E-state index contributed by atoms with van der Waals surface area (Å²) in [6, 6.07) is 0. The highest BCUT2D eigenvalue weighted by Crippen LogP contribution is 2.54. The van der Waals surface area contributed by atoms with Gasteiger partial charge in [-0.2, -0.15) is 0 Å². The average Bonchev–Trinajstić information content (AvgIpc) is 2.83. The van der Waals surface area contributed by atoms with Crippen LogP contribution in [0.25, 0.3) is 0 Å². The molecule has 1 heterocycles. The zero-order valence-corrected chi connectivity index (χ0v) is 9.59. The van der Waals surface area contributed by atoms with Gasteiger partial charge in [0.25, 0.3) is 0 Å². The number of aryl methyl sites for hydroxylation is 2. The van der Waals surface area contributed by atoms with Crippen molar-refractivity contribution in [2.75, 3.05) is 0 Å². The highest BCUT2D eigenvalue weighted by molar-refractivity contribution is 6.21. The van der Waals surface area contributed by atoms with Crippen molar-refractivity contribution in [3.05, 3.63) is 18.2 Å². The summed E-state index contributed by atoms with van der Waals surface area (Å²) in [7, 11) is 2.05. The van der Waals surface area contributed by atoms with E-state index >= 15 is 0 Å². The van der Waals surface area contributed by atoms with Crippen molar-refractivity contribution in [1.29, 1.82) is 0 Å². The Hall–Kier alpha value is -0.500. The highest BCUT2D eigenvalue weighted by atomic mass is 35.5. The van der Waals surface area contributed by atoms with Crippen molar-refractivity contribution in [2.45, 2.75) is 38.0 Å². The number of alkyl halides is 1. The highest BCUT2D eigenvalue weighted by Gasteiger charge is 2.46. The van der Waals surface area contributed by atoms with Gasteiger partial charge >= 0.3 is 0 Å². The third kappa shape index (κ3) is 1.81. The Labute approximate surface area is 90.3 Å². The molecule has 1 aliphatic rings. The Morgan fingerprint density at radius 3 is 2.79 bits per heavy atom. The van der Waals surface area contributed by atoms with E-state index in [0.717, 1.165) is 6.42 Å². The molecule has 78 valence electrons. The first-order valence-corrected chi connectivity index (χ1v) is 5.68. The molecule has 2 nitrogen and oxygen atoms in total. The molecule has 0 N–H and O–H groups in total. The second-order valence-electron chi connectivity index (χ2n) is 4.43. The normalized spacial score (nSPS) is 20.8. The second-order valence-corrected chi connectivity index (χ2v) is 5.09. The lowest BCUT2D eigenvalue weighted by Crippen LogP contribution is -2.14. The minimum atomic E-state index is 0.308. The van der Waals surface area contributed by atoms with Crippen molar-refractivity contribution in [1.82, 2.24) is 9.55 Å². The van der Waals surface area contributed by atoms with Crippen LogP contribution in [0.2, 0.25) is 0 Å². The van der Waals surface area contributed by atoms with Crippen LogP contribution in [0, 0.1) is 5.41 Å². The van der Waals surface area contributed by atoms with E-state index in [1.54, 1.807) is 0 Å². The van der Waals surface area contributed by atoms with E-state index in [4.69, 9.17) is 11.6 Å². The SMILES string of the molecule is CC(Cl)C1(CCc2nccn2C)CC1. The molecule has 3 heteroatoms. The topological polar surface area (TPSA) is 17.8 Å². The molecule has 1 aromatic heterocycles. The van der Waals surface area contributed by atoms with Crippen LogP contribution in [0.5, 0.6) is 0 Å². The van der Waals surface area contributed by atoms with Gasteiger partial charge in [-0.25, -0.2) is 4.98 Å². The number of rotatable bonds is 4. The van der Waals surface area contributed by atoms with Crippen LogP contribution in [0.3, 0.4) is 0 Å². The fourth-order valence-corrected chi connectivity index (χ4v) is 2.33. The molecule has 1 fully saturated rings. The van der Waals surface area contributed by atoms with Crippen LogP contribution in [0.1, 0.15) is 32.0 Å². The molecule has 1 aromatic rings. The summed E-state index contributed by atoms with van der Waals surface area (Å²) in [6.07, 6.45) is 8.69. The van der Waals surface area contributed by atoms with Crippen molar-refractivity contribution >= 4 is 11.6 Å². The molecule has 1 saturated carbocycles. The number of imidazole rings is 1. The quantitative estimate of drug-likeness (QED) is 0.702. The Balaban J connectivity index is 1.92. The van der Waals surface area contributed by atoms with E-state index < -0.39 is 0 Å². The zero-order valence-electron chi connectivity index (χ0n) is 8.83. The molecule has 0 saturated heterocycles. The van der Waals surface area contributed by atoms with Crippen molar-refractivity contribution in [3.63, 3.8) is 0 Å². The smallest absolute Gasteiger partial charge is 0.108 e. The van der Waals surface area contributed by atoms with Gasteiger partial charge in [0.2, 0.25) is 0 Å². The lowest BCUT2D eigenvalue weighted by molar-refractivity contribution is 0.449. The summed E-state index contributed by atoms with van der Waals surface area (Å²) >= 11 is 6.18. The molecular formula is C11H17ClN2. The Morgan fingerprint density at radius 1 is 1.64 bits per heavy atom. The Morgan fingerprint density at radius 2 is 2.36 bits per heavy atom. The van der Waals surface area contributed by atoms with Crippen LogP contribution in [-0.2, 0) is 13.5 Å². The third-order valence-corrected chi connectivity index (χ3v) is 3.97. The summed E-state index contributed by atoms with van der Waals surface area (Å²) in [5.41, 5.74) is 0.424. The molecule has 14 heavy (non-hydrogen) atoms. The van der Waals surface area contributed by atoms with Crippen LogP contribution in [-0.4, -0.2) is 14.9 Å². The fourth-order valence-electron chi connectivity index (χ4n) is 2.01. The molecule has 1 atom stereocenters. The van der Waals surface area contributed by atoms with Crippen LogP contribution < -0.4 is 0 Å². The maximum Gasteiger partial charge on any atom is 0.108 e. The van der Waals surface area contributed by atoms with E-state index in [-0.39, 0.29) is 0 Å². The number of halogens is 1. The monoisotopic (exact) mass is 212 g/mol. The van der Waals surface area contributed by atoms with Gasteiger partial charge in [0.15, 0.2) is 0 Å². The van der Waals surface area contributed by atoms with E-state index in [1.807, 2.05) is 19.4 Å². The van der Waals surface area contributed by atoms with E-state index in [9.17, 15) is 0 Å². The zero-order chi connectivity index (χ0) is 10.2. The molecule has 1 unspecified atom stereocenters. The summed E-state index contributed by atoms with van der Waals surface area (Å²) in [5.74, 6) is 1.17. The molecule has 0 aliphatic heterocycles. The van der Waals surface area contributed by atoms with Gasteiger partial charge in [0.05, 0.1) is 0 Å². The van der Waals surface area contributed by atoms with Crippen LogP contribution in [0.15, 0.2) is 12.4 Å². The van der Waals surface area contributed by atoms with Gasteiger partial charge in [-0.15, -0.1) is 11.6 Å². The second kappa shape index (κ2) is 3.58. The lowest BCUT2D eigenvalue weighted by atomic mass is 9.96. The first-order chi connectivity index (χ1) is 6.64. The van der Waals surface area contributed by atoms with Gasteiger partial charge in [-0.3, -0.25) is 0 Å². The fraction of sp³-hybridized carbons (Fsp3) is 0.727. The largest absolute Gasteiger partial charge is 0.338 e. The summed E-state index contributed by atoms with van der Waals surface area (Å²) in [5, 5.41) is 0.308. The van der Waals surface area contributed by atoms with Gasteiger partial charge in [0, 0.05) is 31.2 Å². The maximum absolute atomic E-state index is 6.18. The molecule has 1 aliphatic carbocycles. The summed E-state index contributed by atoms with van der Waals surface area (Å²) in [6.45, 7) is 2.12. The molecule has 0 radical (unpaired) electrons. The average molecular weight is 213 g/mol. The first kappa shape index (κ1) is 10.0. The predicted octanol–water partition coefficient (Wildman–Crippen LogP) is 2.76. The number of nitrogens with zero attached hydrogens (tertiary/aromatic N) is 2. The van der Waals surface area contributed by atoms with E-state index in [2.05, 4.69) is 16.5 Å². The van der Waals surface area contributed by atoms with Crippen molar-refractivity contribution < 1.29 is 0 Å². The molecule has 0 aromatic carbocycles. The van der Waals surface area contributed by atoms with Gasteiger partial charge in [-0.05, 0) is 31.6 Å². The van der Waals surface area contributed by atoms with Crippen molar-refractivity contribution in [3.8, 4) is 0 Å². The summed E-state index contributed by atoms with van der Waals surface area (Å²) < 4.78 is 2.09. The molecule has 0 spiro atoms.